The molecule has 0 radical (unpaired) electrons. The Hall–Kier alpha value is -0.600. The van der Waals surface area contributed by atoms with Crippen LogP contribution in [0.2, 0.25) is 0 Å². The molecule has 0 aromatic carbocycles. The van der Waals surface area contributed by atoms with E-state index in [1.807, 2.05) is 19.9 Å². The maximum atomic E-state index is 12.3. The first-order valence-corrected chi connectivity index (χ1v) is 7.37. The summed E-state index contributed by atoms with van der Waals surface area (Å²) in [6, 6.07) is 1.95. The van der Waals surface area contributed by atoms with Crippen molar-refractivity contribution in [2.45, 2.75) is 63.8 Å². The smallest absolute Gasteiger partial charge is 0.211 e. The topological polar surface area (TPSA) is 61.2 Å². The van der Waals surface area contributed by atoms with E-state index in [9.17, 15) is 8.42 Å². The Kier molecular flexibility index (Phi) is 4.34. The van der Waals surface area contributed by atoms with Crippen LogP contribution in [0.3, 0.4) is 0 Å². The maximum absolute atomic E-state index is 12.3. The van der Waals surface area contributed by atoms with Gasteiger partial charge < -0.3 is 0 Å². The van der Waals surface area contributed by atoms with Crippen LogP contribution in [0.15, 0.2) is 0 Å². The van der Waals surface area contributed by atoms with E-state index in [2.05, 4.69) is 0 Å². The molecule has 1 rings (SSSR count). The van der Waals surface area contributed by atoms with E-state index >= 15 is 0 Å². The molecule has 0 aromatic rings. The highest BCUT2D eigenvalue weighted by atomic mass is 32.2. The van der Waals surface area contributed by atoms with Crippen LogP contribution in [-0.4, -0.2) is 30.1 Å². The molecule has 0 aromatic heterocycles. The highest BCUT2D eigenvalue weighted by Crippen LogP contribution is 2.28. The zero-order chi connectivity index (χ0) is 12.3. The predicted octanol–water partition coefficient (Wildman–Crippen LogP) is 1.88. The second kappa shape index (κ2) is 5.15. The Morgan fingerprint density at radius 2 is 1.88 bits per heavy atom. The van der Waals surface area contributed by atoms with Crippen molar-refractivity contribution < 1.29 is 8.42 Å². The molecule has 1 aliphatic heterocycles. The molecule has 5 heteroatoms. The van der Waals surface area contributed by atoms with Crippen LogP contribution in [0.4, 0.5) is 0 Å². The average Bonchev–Trinajstić information content (AvgIpc) is 2.18. The third-order valence-electron chi connectivity index (χ3n) is 3.28. The highest BCUT2D eigenvalue weighted by Gasteiger charge is 2.38. The predicted molar refractivity (Wildman–Crippen MR) is 63.2 cm³/mol. The largest absolute Gasteiger partial charge is 0.230 e. The number of rotatable bonds is 3. The fourth-order valence-corrected chi connectivity index (χ4v) is 4.48. The van der Waals surface area contributed by atoms with Crippen LogP contribution < -0.4 is 0 Å². The third-order valence-corrected chi connectivity index (χ3v) is 5.75. The fraction of sp³-hybridized carbons (Fsp3) is 0.909. The summed E-state index contributed by atoms with van der Waals surface area (Å²) < 4.78 is 26.1. The summed E-state index contributed by atoms with van der Waals surface area (Å²) in [6.45, 7) is 5.60. The summed E-state index contributed by atoms with van der Waals surface area (Å²) >= 11 is 0. The van der Waals surface area contributed by atoms with Gasteiger partial charge in [-0.05, 0) is 33.1 Å². The van der Waals surface area contributed by atoms with Gasteiger partial charge in [0.15, 0.2) is 5.25 Å². The van der Waals surface area contributed by atoms with Crippen molar-refractivity contribution in [2.24, 2.45) is 0 Å². The molecular weight excluding hydrogens is 224 g/mol. The summed E-state index contributed by atoms with van der Waals surface area (Å²) in [4.78, 5) is 0. The molecule has 0 saturated carbocycles. The zero-order valence-electron chi connectivity index (χ0n) is 10.2. The van der Waals surface area contributed by atoms with Crippen molar-refractivity contribution in [3.63, 3.8) is 0 Å². The molecule has 3 atom stereocenters. The number of nitrogens with zero attached hydrogens (tertiary/aromatic N) is 2. The first-order chi connectivity index (χ1) is 7.45. The van der Waals surface area contributed by atoms with E-state index in [4.69, 9.17) is 5.26 Å². The van der Waals surface area contributed by atoms with Crippen LogP contribution in [0.25, 0.3) is 0 Å². The van der Waals surface area contributed by atoms with Gasteiger partial charge in [-0.15, -0.1) is 0 Å². The molecule has 4 nitrogen and oxygen atoms in total. The molecule has 3 unspecified atom stereocenters. The molecule has 0 bridgehead atoms. The van der Waals surface area contributed by atoms with Crippen molar-refractivity contribution in [3.8, 4) is 6.07 Å². The normalized spacial score (nSPS) is 29.6. The SMILES string of the molecule is CCC(C#N)S(=O)(=O)N1C(C)CCCC1C. The van der Waals surface area contributed by atoms with Crippen LogP contribution >= 0.6 is 0 Å². The molecule has 92 valence electrons. The Labute approximate surface area is 98.3 Å². The minimum Gasteiger partial charge on any atom is -0.211 e. The number of hydrogen-bond donors (Lipinski definition) is 0. The van der Waals surface area contributed by atoms with Crippen molar-refractivity contribution >= 4 is 10.0 Å². The van der Waals surface area contributed by atoms with Crippen LogP contribution in [0, 0.1) is 11.3 Å². The number of nitriles is 1. The van der Waals surface area contributed by atoms with E-state index in [0.29, 0.717) is 6.42 Å². The Morgan fingerprint density at radius 1 is 1.38 bits per heavy atom. The Bertz CT molecular complexity index is 362. The quantitative estimate of drug-likeness (QED) is 0.761. The monoisotopic (exact) mass is 244 g/mol. The molecule has 16 heavy (non-hydrogen) atoms. The first kappa shape index (κ1) is 13.5. The standard InChI is InChI=1S/C11H20N2O2S/c1-4-11(8-12)16(14,15)13-9(2)6-5-7-10(13)3/h9-11H,4-7H2,1-3H3. The Morgan fingerprint density at radius 3 is 2.25 bits per heavy atom. The van der Waals surface area contributed by atoms with Crippen molar-refractivity contribution in [1.29, 1.82) is 5.26 Å². The second-order valence-corrected chi connectivity index (χ2v) is 6.55. The van der Waals surface area contributed by atoms with Gasteiger partial charge in [0, 0.05) is 12.1 Å². The van der Waals surface area contributed by atoms with Crippen molar-refractivity contribution in [2.75, 3.05) is 0 Å². The van der Waals surface area contributed by atoms with Crippen LogP contribution in [-0.2, 0) is 10.0 Å². The van der Waals surface area contributed by atoms with E-state index in [-0.39, 0.29) is 12.1 Å². The van der Waals surface area contributed by atoms with Gasteiger partial charge in [-0.2, -0.15) is 9.57 Å². The lowest BCUT2D eigenvalue weighted by molar-refractivity contribution is 0.203. The average molecular weight is 244 g/mol. The number of sulfonamides is 1. The molecule has 1 saturated heterocycles. The van der Waals surface area contributed by atoms with Crippen LogP contribution in [0.1, 0.15) is 46.5 Å². The maximum Gasteiger partial charge on any atom is 0.230 e. The van der Waals surface area contributed by atoms with Gasteiger partial charge in [-0.3, -0.25) is 0 Å². The molecule has 0 N–H and O–H groups in total. The zero-order valence-corrected chi connectivity index (χ0v) is 11.0. The van der Waals surface area contributed by atoms with E-state index in [1.165, 1.54) is 0 Å². The van der Waals surface area contributed by atoms with E-state index in [1.54, 1.807) is 11.2 Å². The summed E-state index contributed by atoms with van der Waals surface area (Å²) in [5, 5.41) is 8.02. The molecule has 0 spiro atoms. The summed E-state index contributed by atoms with van der Waals surface area (Å²) in [5.41, 5.74) is 0. The molecular formula is C11H20N2O2S. The van der Waals surface area contributed by atoms with Crippen molar-refractivity contribution in [1.82, 2.24) is 4.31 Å². The van der Waals surface area contributed by atoms with Gasteiger partial charge in [-0.1, -0.05) is 13.3 Å². The minimum absolute atomic E-state index is 0.0242. The second-order valence-electron chi connectivity index (χ2n) is 4.53. The van der Waals surface area contributed by atoms with Gasteiger partial charge >= 0.3 is 0 Å². The molecule has 0 amide bonds. The molecule has 1 fully saturated rings. The lowest BCUT2D eigenvalue weighted by Crippen LogP contribution is -2.50. The molecule has 1 heterocycles. The molecule has 0 aliphatic carbocycles. The summed E-state index contributed by atoms with van der Waals surface area (Å²) in [6.07, 6.45) is 3.21. The van der Waals surface area contributed by atoms with Gasteiger partial charge in [0.25, 0.3) is 0 Å². The van der Waals surface area contributed by atoms with Gasteiger partial charge in [0.1, 0.15) is 0 Å². The molecule has 1 aliphatic rings. The minimum atomic E-state index is -3.45. The van der Waals surface area contributed by atoms with E-state index in [0.717, 1.165) is 19.3 Å². The summed E-state index contributed by atoms with van der Waals surface area (Å²) in [7, 11) is -3.45. The fourth-order valence-electron chi connectivity index (χ4n) is 2.41. The lowest BCUT2D eigenvalue weighted by atomic mass is 10.0. The van der Waals surface area contributed by atoms with Gasteiger partial charge in [0.2, 0.25) is 10.0 Å². The number of piperidine rings is 1. The summed E-state index contributed by atoms with van der Waals surface area (Å²) in [5.74, 6) is 0. The first-order valence-electron chi connectivity index (χ1n) is 5.87. The van der Waals surface area contributed by atoms with E-state index < -0.39 is 15.3 Å². The third kappa shape index (κ3) is 2.38. The van der Waals surface area contributed by atoms with Crippen molar-refractivity contribution in [3.05, 3.63) is 0 Å². The lowest BCUT2D eigenvalue weighted by Gasteiger charge is -2.38. The Balaban J connectivity index is 3.02. The highest BCUT2D eigenvalue weighted by molar-refractivity contribution is 7.90. The van der Waals surface area contributed by atoms with Gasteiger partial charge in [-0.25, -0.2) is 8.42 Å². The number of hydrogen-bond acceptors (Lipinski definition) is 3. The van der Waals surface area contributed by atoms with Crippen LogP contribution in [0.5, 0.6) is 0 Å². The van der Waals surface area contributed by atoms with Gasteiger partial charge in [0.05, 0.1) is 6.07 Å².